The van der Waals surface area contributed by atoms with Crippen molar-refractivity contribution in [2.24, 2.45) is 0 Å². The average Bonchev–Trinajstić information content (AvgIpc) is 2.65. The summed E-state index contributed by atoms with van der Waals surface area (Å²) in [6.07, 6.45) is 3.17. The summed E-state index contributed by atoms with van der Waals surface area (Å²) in [6, 6.07) is 10.2. The summed E-state index contributed by atoms with van der Waals surface area (Å²) in [5, 5.41) is 0. The number of benzene rings is 2. The second-order valence-corrected chi connectivity index (χ2v) is 8.20. The van der Waals surface area contributed by atoms with Gasteiger partial charge in [-0.2, -0.15) is 0 Å². The van der Waals surface area contributed by atoms with Crippen LogP contribution >= 0.6 is 0 Å². The first-order valence-corrected chi connectivity index (χ1v) is 9.60. The number of hydrogen-bond acceptors (Lipinski definition) is 4. The predicted molar refractivity (Wildman–Crippen MR) is 116 cm³/mol. The normalized spacial score (nSPS) is 11.9. The molecule has 0 N–H and O–H groups in total. The summed E-state index contributed by atoms with van der Waals surface area (Å²) in [5.74, 6) is -0.0223. The fourth-order valence-electron chi connectivity index (χ4n) is 2.70. The van der Waals surface area contributed by atoms with Crippen LogP contribution in [0.1, 0.15) is 42.3 Å². The first-order valence-electron chi connectivity index (χ1n) is 9.60. The second-order valence-electron chi connectivity index (χ2n) is 8.20. The molecule has 5 heteroatoms. The molecular formula is C24H30FNO3. The zero-order chi connectivity index (χ0) is 21.6. The van der Waals surface area contributed by atoms with Crippen LogP contribution in [0.3, 0.4) is 0 Å². The summed E-state index contributed by atoms with van der Waals surface area (Å²) in [5.41, 5.74) is 2.19. The van der Waals surface area contributed by atoms with Gasteiger partial charge in [0, 0.05) is 17.7 Å². The highest BCUT2D eigenvalue weighted by Gasteiger charge is 2.16. The van der Waals surface area contributed by atoms with E-state index in [1.54, 1.807) is 12.1 Å². The van der Waals surface area contributed by atoms with Gasteiger partial charge in [0.25, 0.3) is 0 Å². The van der Waals surface area contributed by atoms with Crippen molar-refractivity contribution < 1.29 is 18.7 Å². The maximum atomic E-state index is 13.9. The zero-order valence-corrected chi connectivity index (χ0v) is 18.1. The van der Waals surface area contributed by atoms with Crippen LogP contribution in [0.2, 0.25) is 0 Å². The largest absolute Gasteiger partial charge is 0.494 e. The number of nitrogens with zero attached hydrogens (tertiary/aromatic N) is 1. The van der Waals surface area contributed by atoms with Gasteiger partial charge < -0.3 is 14.4 Å². The maximum Gasteiger partial charge on any atom is 0.185 e. The smallest absolute Gasteiger partial charge is 0.185 e. The van der Waals surface area contributed by atoms with Gasteiger partial charge in [-0.05, 0) is 67.6 Å². The number of ether oxygens (including phenoxy) is 2. The molecule has 156 valence electrons. The lowest BCUT2D eigenvalue weighted by molar-refractivity contribution is 0.104. The molecule has 0 heterocycles. The van der Waals surface area contributed by atoms with Crippen LogP contribution in [0.5, 0.6) is 11.5 Å². The van der Waals surface area contributed by atoms with E-state index in [1.165, 1.54) is 25.3 Å². The van der Waals surface area contributed by atoms with E-state index in [9.17, 15) is 9.18 Å². The standard InChI is InChI=1S/C24H30FNO3/c1-24(2,3)19-9-12-22(29-14-13-26(4)5)18(15-19)7-10-21(27)17-8-11-23(28-6)20(25)16-17/h7-12,15-16H,13-14H2,1-6H3. The molecule has 0 saturated heterocycles. The Morgan fingerprint density at radius 3 is 2.38 bits per heavy atom. The molecule has 0 aromatic heterocycles. The molecule has 2 aromatic rings. The van der Waals surface area contributed by atoms with Crippen LogP contribution in [0.15, 0.2) is 42.5 Å². The maximum absolute atomic E-state index is 13.9. The van der Waals surface area contributed by atoms with Crippen LogP contribution < -0.4 is 9.47 Å². The van der Waals surface area contributed by atoms with Crippen LogP contribution in [-0.4, -0.2) is 45.0 Å². The van der Waals surface area contributed by atoms with E-state index >= 15 is 0 Å². The monoisotopic (exact) mass is 399 g/mol. The number of ketones is 1. The van der Waals surface area contributed by atoms with Crippen LogP contribution in [0.25, 0.3) is 6.08 Å². The van der Waals surface area contributed by atoms with Gasteiger partial charge >= 0.3 is 0 Å². The minimum atomic E-state index is -0.561. The van der Waals surface area contributed by atoms with E-state index in [0.29, 0.717) is 12.4 Å². The number of methoxy groups -OCH3 is 1. The minimum Gasteiger partial charge on any atom is -0.494 e. The Hall–Kier alpha value is -2.66. The molecule has 0 spiro atoms. The fraction of sp³-hybridized carbons (Fsp3) is 0.375. The van der Waals surface area contributed by atoms with Gasteiger partial charge in [-0.3, -0.25) is 4.79 Å². The van der Waals surface area contributed by atoms with E-state index in [-0.39, 0.29) is 22.5 Å². The molecule has 0 aliphatic carbocycles. The molecule has 0 unspecified atom stereocenters. The van der Waals surface area contributed by atoms with Crippen molar-refractivity contribution in [2.75, 3.05) is 34.4 Å². The number of carbonyl (C=O) groups excluding carboxylic acids is 1. The van der Waals surface area contributed by atoms with Crippen LogP contribution in [0, 0.1) is 5.82 Å². The number of halogens is 1. The van der Waals surface area contributed by atoms with Gasteiger partial charge in [-0.25, -0.2) is 4.39 Å². The lowest BCUT2D eigenvalue weighted by Crippen LogP contribution is -2.19. The average molecular weight is 400 g/mol. The van der Waals surface area contributed by atoms with Gasteiger partial charge in [0.2, 0.25) is 0 Å². The molecule has 0 radical (unpaired) electrons. The highest BCUT2D eigenvalue weighted by molar-refractivity contribution is 6.07. The van der Waals surface area contributed by atoms with Gasteiger partial charge in [0.1, 0.15) is 12.4 Å². The number of allylic oxidation sites excluding steroid dienone is 1. The topological polar surface area (TPSA) is 38.8 Å². The summed E-state index contributed by atoms with van der Waals surface area (Å²) >= 11 is 0. The fourth-order valence-corrected chi connectivity index (χ4v) is 2.70. The van der Waals surface area contributed by atoms with Gasteiger partial charge in [-0.1, -0.05) is 26.8 Å². The Morgan fingerprint density at radius 1 is 1.10 bits per heavy atom. The van der Waals surface area contributed by atoms with Crippen molar-refractivity contribution >= 4 is 11.9 Å². The van der Waals surface area contributed by atoms with Crippen molar-refractivity contribution in [3.05, 3.63) is 65.0 Å². The molecule has 0 aliphatic heterocycles. The Bertz CT molecular complexity index is 882. The van der Waals surface area contributed by atoms with Crippen LogP contribution in [0.4, 0.5) is 4.39 Å². The minimum absolute atomic E-state index is 0.0339. The summed E-state index contributed by atoms with van der Waals surface area (Å²) in [7, 11) is 5.36. The van der Waals surface area contributed by atoms with Gasteiger partial charge in [-0.15, -0.1) is 0 Å². The van der Waals surface area contributed by atoms with E-state index in [4.69, 9.17) is 9.47 Å². The molecule has 0 bridgehead atoms. The van der Waals surface area contributed by atoms with Crippen LogP contribution in [-0.2, 0) is 5.41 Å². The van der Waals surface area contributed by atoms with E-state index in [1.807, 2.05) is 37.2 Å². The molecule has 2 rings (SSSR count). The third-order valence-corrected chi connectivity index (χ3v) is 4.52. The zero-order valence-electron chi connectivity index (χ0n) is 18.1. The number of likely N-dealkylation sites (N-methyl/N-ethyl adjacent to an activating group) is 1. The Kier molecular flexibility index (Phi) is 7.57. The van der Waals surface area contributed by atoms with E-state index in [2.05, 4.69) is 20.8 Å². The third kappa shape index (κ3) is 6.43. The van der Waals surface area contributed by atoms with Crippen molar-refractivity contribution in [2.45, 2.75) is 26.2 Å². The molecule has 29 heavy (non-hydrogen) atoms. The first-order chi connectivity index (χ1) is 13.6. The SMILES string of the molecule is COc1ccc(C(=O)C=Cc2cc(C(C)(C)C)ccc2OCCN(C)C)cc1F. The summed E-state index contributed by atoms with van der Waals surface area (Å²) in [6.45, 7) is 7.73. The molecule has 0 fully saturated rings. The Morgan fingerprint density at radius 2 is 1.79 bits per heavy atom. The van der Waals surface area contributed by atoms with E-state index in [0.717, 1.165) is 17.7 Å². The van der Waals surface area contributed by atoms with Gasteiger partial charge in [0.05, 0.1) is 7.11 Å². The van der Waals surface area contributed by atoms with Crippen molar-refractivity contribution in [3.63, 3.8) is 0 Å². The molecular weight excluding hydrogens is 369 g/mol. The van der Waals surface area contributed by atoms with Gasteiger partial charge in [0.15, 0.2) is 17.3 Å². The number of carbonyl (C=O) groups is 1. The Balaban J connectivity index is 2.29. The number of hydrogen-bond donors (Lipinski definition) is 0. The molecule has 2 aromatic carbocycles. The molecule has 0 amide bonds. The first kappa shape index (κ1) is 22.6. The molecule has 0 saturated carbocycles. The predicted octanol–water partition coefficient (Wildman–Crippen LogP) is 4.97. The Labute approximate surface area is 172 Å². The highest BCUT2D eigenvalue weighted by Crippen LogP contribution is 2.29. The lowest BCUT2D eigenvalue weighted by atomic mass is 9.86. The second kappa shape index (κ2) is 9.70. The summed E-state index contributed by atoms with van der Waals surface area (Å²) in [4.78, 5) is 14.6. The summed E-state index contributed by atoms with van der Waals surface area (Å²) < 4.78 is 24.7. The highest BCUT2D eigenvalue weighted by atomic mass is 19.1. The molecule has 0 atom stereocenters. The lowest BCUT2D eigenvalue weighted by Gasteiger charge is -2.21. The molecule has 4 nitrogen and oxygen atoms in total. The van der Waals surface area contributed by atoms with Crippen molar-refractivity contribution in [3.8, 4) is 11.5 Å². The molecule has 0 aliphatic rings. The third-order valence-electron chi connectivity index (χ3n) is 4.52. The van der Waals surface area contributed by atoms with Crippen molar-refractivity contribution in [1.29, 1.82) is 0 Å². The quantitative estimate of drug-likeness (QED) is 0.464. The van der Waals surface area contributed by atoms with E-state index < -0.39 is 5.82 Å². The number of rotatable bonds is 8. The van der Waals surface area contributed by atoms with Crippen molar-refractivity contribution in [1.82, 2.24) is 4.90 Å².